The number of aromatic nitrogens is 2. The normalized spacial score (nSPS) is 10.8. The molecule has 106 valence electrons. The number of nitrogens with zero attached hydrogens (tertiary/aromatic N) is 2. The van der Waals surface area contributed by atoms with Gasteiger partial charge in [-0.15, -0.1) is 0 Å². The van der Waals surface area contributed by atoms with Crippen molar-refractivity contribution in [1.29, 1.82) is 0 Å². The monoisotopic (exact) mass is 344 g/mol. The van der Waals surface area contributed by atoms with E-state index in [1.807, 2.05) is 32.0 Å². The Morgan fingerprint density at radius 1 is 1.05 bits per heavy atom. The van der Waals surface area contributed by atoms with E-state index in [1.165, 1.54) is 0 Å². The molecule has 0 spiro atoms. The molecule has 4 nitrogen and oxygen atoms in total. The summed E-state index contributed by atoms with van der Waals surface area (Å²) in [5.41, 5.74) is 3.73. The Labute approximate surface area is 130 Å². The summed E-state index contributed by atoms with van der Waals surface area (Å²) < 4.78 is 6.28. The Morgan fingerprint density at radius 3 is 2.52 bits per heavy atom. The zero-order chi connectivity index (χ0) is 15.0. The number of hydrogen-bond donors (Lipinski definition) is 1. The van der Waals surface area contributed by atoms with Crippen molar-refractivity contribution in [3.05, 3.63) is 52.0 Å². The van der Waals surface area contributed by atoms with Crippen LogP contribution in [-0.4, -0.2) is 15.2 Å². The van der Waals surface area contributed by atoms with E-state index in [0.717, 1.165) is 26.7 Å². The van der Waals surface area contributed by atoms with Crippen LogP contribution in [0.2, 0.25) is 0 Å². The van der Waals surface area contributed by atoms with Crippen molar-refractivity contribution in [2.75, 3.05) is 0 Å². The lowest BCUT2D eigenvalue weighted by molar-refractivity contribution is 0.432. The Bertz CT molecular complexity index is 746. The van der Waals surface area contributed by atoms with E-state index in [4.69, 9.17) is 4.52 Å². The number of benzene rings is 2. The number of rotatable bonds is 2. The van der Waals surface area contributed by atoms with Crippen molar-refractivity contribution in [3.8, 4) is 28.6 Å². The topological polar surface area (TPSA) is 59.2 Å². The van der Waals surface area contributed by atoms with Crippen LogP contribution in [0.5, 0.6) is 5.75 Å². The highest BCUT2D eigenvalue weighted by molar-refractivity contribution is 9.10. The third-order valence-electron chi connectivity index (χ3n) is 3.23. The predicted molar refractivity (Wildman–Crippen MR) is 84.0 cm³/mol. The lowest BCUT2D eigenvalue weighted by Crippen LogP contribution is -1.85. The van der Waals surface area contributed by atoms with Crippen molar-refractivity contribution < 1.29 is 9.63 Å². The smallest absolute Gasteiger partial charge is 0.258 e. The van der Waals surface area contributed by atoms with Gasteiger partial charge in [0, 0.05) is 15.6 Å². The summed E-state index contributed by atoms with van der Waals surface area (Å²) in [6.07, 6.45) is 0. The van der Waals surface area contributed by atoms with Gasteiger partial charge in [-0.25, -0.2) is 0 Å². The van der Waals surface area contributed by atoms with Crippen LogP contribution in [0.15, 0.2) is 45.4 Å². The molecule has 0 bridgehead atoms. The Kier molecular flexibility index (Phi) is 3.51. The molecule has 5 heteroatoms. The Morgan fingerprint density at radius 2 is 1.81 bits per heavy atom. The van der Waals surface area contributed by atoms with E-state index in [-0.39, 0.29) is 5.75 Å². The second-order valence-corrected chi connectivity index (χ2v) is 5.76. The van der Waals surface area contributed by atoms with Gasteiger partial charge in [0.05, 0.1) is 0 Å². The molecule has 0 amide bonds. The molecule has 3 rings (SSSR count). The van der Waals surface area contributed by atoms with Crippen molar-refractivity contribution in [2.24, 2.45) is 0 Å². The first-order valence-electron chi connectivity index (χ1n) is 6.45. The van der Waals surface area contributed by atoms with Crippen LogP contribution in [0.4, 0.5) is 0 Å². The van der Waals surface area contributed by atoms with Crippen LogP contribution in [0.3, 0.4) is 0 Å². The van der Waals surface area contributed by atoms with E-state index < -0.39 is 0 Å². The summed E-state index contributed by atoms with van der Waals surface area (Å²) in [5, 5.41) is 13.5. The van der Waals surface area contributed by atoms with Gasteiger partial charge in [-0.1, -0.05) is 27.2 Å². The number of halogens is 1. The molecular weight excluding hydrogens is 332 g/mol. The summed E-state index contributed by atoms with van der Waals surface area (Å²) >= 11 is 3.52. The van der Waals surface area contributed by atoms with Crippen LogP contribution in [0, 0.1) is 13.8 Å². The van der Waals surface area contributed by atoms with Gasteiger partial charge in [0.1, 0.15) is 5.75 Å². The Hall–Kier alpha value is -2.14. The van der Waals surface area contributed by atoms with Gasteiger partial charge in [0.2, 0.25) is 5.82 Å². The third-order valence-corrected chi connectivity index (χ3v) is 3.89. The van der Waals surface area contributed by atoms with E-state index in [9.17, 15) is 5.11 Å². The van der Waals surface area contributed by atoms with E-state index >= 15 is 0 Å². The van der Waals surface area contributed by atoms with Gasteiger partial charge in [-0.3, -0.25) is 0 Å². The molecular formula is C16H13BrN2O2. The van der Waals surface area contributed by atoms with Gasteiger partial charge >= 0.3 is 0 Å². The third kappa shape index (κ3) is 2.69. The maximum atomic E-state index is 9.46. The number of phenols is 1. The first-order valence-corrected chi connectivity index (χ1v) is 7.24. The minimum Gasteiger partial charge on any atom is -0.508 e. The molecule has 1 aromatic heterocycles. The lowest BCUT2D eigenvalue weighted by atomic mass is 10.1. The highest BCUT2D eigenvalue weighted by atomic mass is 79.9. The van der Waals surface area contributed by atoms with Gasteiger partial charge in [-0.2, -0.15) is 4.98 Å². The van der Waals surface area contributed by atoms with Crippen LogP contribution >= 0.6 is 15.9 Å². The summed E-state index contributed by atoms with van der Waals surface area (Å²) in [5.74, 6) is 1.19. The van der Waals surface area contributed by atoms with Gasteiger partial charge in [0.25, 0.3) is 5.89 Å². The minimum absolute atomic E-state index is 0.220. The SMILES string of the molecule is Cc1ccc(-c2noc(-c3ccc(O)cc3C)n2)c(Br)c1. The molecule has 0 radical (unpaired) electrons. The van der Waals surface area contributed by atoms with E-state index in [0.29, 0.717) is 11.7 Å². The standard InChI is InChI=1S/C16H13BrN2O2/c1-9-3-5-13(14(17)7-9)15-18-16(21-19-15)12-6-4-11(20)8-10(12)2/h3-8,20H,1-2H3. The van der Waals surface area contributed by atoms with Crippen molar-refractivity contribution in [2.45, 2.75) is 13.8 Å². The zero-order valence-electron chi connectivity index (χ0n) is 11.6. The van der Waals surface area contributed by atoms with Crippen LogP contribution in [0.1, 0.15) is 11.1 Å². The fraction of sp³-hybridized carbons (Fsp3) is 0.125. The predicted octanol–water partition coefficient (Wildman–Crippen LogP) is 4.49. The fourth-order valence-corrected chi connectivity index (χ4v) is 2.80. The summed E-state index contributed by atoms with van der Waals surface area (Å²) in [6, 6.07) is 11.0. The van der Waals surface area contributed by atoms with Crippen molar-refractivity contribution in [3.63, 3.8) is 0 Å². The van der Waals surface area contributed by atoms with Gasteiger partial charge in [0.15, 0.2) is 0 Å². The second kappa shape index (κ2) is 5.33. The highest BCUT2D eigenvalue weighted by Crippen LogP contribution is 2.30. The molecule has 2 aromatic carbocycles. The maximum Gasteiger partial charge on any atom is 0.258 e. The van der Waals surface area contributed by atoms with Crippen molar-refractivity contribution in [1.82, 2.24) is 10.1 Å². The second-order valence-electron chi connectivity index (χ2n) is 4.91. The first kappa shape index (κ1) is 13.8. The van der Waals surface area contributed by atoms with E-state index in [2.05, 4.69) is 26.1 Å². The molecule has 0 aliphatic heterocycles. The lowest BCUT2D eigenvalue weighted by Gasteiger charge is -2.01. The maximum absolute atomic E-state index is 9.46. The summed E-state index contributed by atoms with van der Waals surface area (Å²) in [4.78, 5) is 4.44. The van der Waals surface area contributed by atoms with Gasteiger partial charge < -0.3 is 9.63 Å². The molecule has 0 atom stereocenters. The average Bonchev–Trinajstić information content (AvgIpc) is 2.87. The molecule has 0 unspecified atom stereocenters. The molecule has 0 aliphatic carbocycles. The summed E-state index contributed by atoms with van der Waals surface area (Å²) in [7, 11) is 0. The minimum atomic E-state index is 0.220. The molecule has 0 saturated carbocycles. The molecule has 0 saturated heterocycles. The summed E-state index contributed by atoms with van der Waals surface area (Å²) in [6.45, 7) is 3.91. The number of hydrogen-bond acceptors (Lipinski definition) is 4. The average molecular weight is 345 g/mol. The Balaban J connectivity index is 2.03. The number of aromatic hydroxyl groups is 1. The highest BCUT2D eigenvalue weighted by Gasteiger charge is 2.14. The fourth-order valence-electron chi connectivity index (χ4n) is 2.13. The van der Waals surface area contributed by atoms with Crippen LogP contribution in [-0.2, 0) is 0 Å². The number of aryl methyl sites for hydroxylation is 2. The molecule has 3 aromatic rings. The molecule has 21 heavy (non-hydrogen) atoms. The molecule has 1 heterocycles. The largest absolute Gasteiger partial charge is 0.508 e. The quantitative estimate of drug-likeness (QED) is 0.744. The van der Waals surface area contributed by atoms with Gasteiger partial charge in [-0.05, 0) is 55.3 Å². The molecule has 0 fully saturated rings. The zero-order valence-corrected chi connectivity index (χ0v) is 13.2. The van der Waals surface area contributed by atoms with Crippen LogP contribution < -0.4 is 0 Å². The number of phenolic OH excluding ortho intramolecular Hbond substituents is 1. The van der Waals surface area contributed by atoms with Crippen LogP contribution in [0.25, 0.3) is 22.8 Å². The molecule has 1 N–H and O–H groups in total. The van der Waals surface area contributed by atoms with E-state index in [1.54, 1.807) is 18.2 Å². The molecule has 0 aliphatic rings. The first-order chi connectivity index (χ1) is 10.0. The van der Waals surface area contributed by atoms with Crippen molar-refractivity contribution >= 4 is 15.9 Å².